The largest absolute Gasteiger partial charge is 0.483 e. The van der Waals surface area contributed by atoms with Crippen molar-refractivity contribution in [3.8, 4) is 5.75 Å². The summed E-state index contributed by atoms with van der Waals surface area (Å²) < 4.78 is 5.58. The molecule has 10 heteroatoms. The first-order chi connectivity index (χ1) is 16.7. The van der Waals surface area contributed by atoms with E-state index in [0.717, 1.165) is 11.1 Å². The molecule has 0 aromatic heterocycles. The van der Waals surface area contributed by atoms with Crippen molar-refractivity contribution >= 4 is 58.5 Å². The number of carbonyl (C=O) groups excluding carboxylic acids is 3. The first-order valence-electron chi connectivity index (χ1n) is 10.4. The molecule has 0 spiro atoms. The van der Waals surface area contributed by atoms with Crippen LogP contribution in [0.1, 0.15) is 16.7 Å². The molecule has 0 aliphatic heterocycles. The predicted octanol–water partition coefficient (Wildman–Crippen LogP) is 4.72. The van der Waals surface area contributed by atoms with Crippen LogP contribution in [-0.4, -0.2) is 30.5 Å². The van der Waals surface area contributed by atoms with Gasteiger partial charge < -0.3 is 15.4 Å². The van der Waals surface area contributed by atoms with E-state index in [1.807, 2.05) is 32.0 Å². The van der Waals surface area contributed by atoms with Gasteiger partial charge in [0.1, 0.15) is 5.75 Å². The maximum absolute atomic E-state index is 12.2. The van der Waals surface area contributed by atoms with Gasteiger partial charge in [-0.1, -0.05) is 53.5 Å². The lowest BCUT2D eigenvalue weighted by Crippen LogP contribution is -2.32. The van der Waals surface area contributed by atoms with Crippen LogP contribution in [0.25, 0.3) is 0 Å². The van der Waals surface area contributed by atoms with E-state index < -0.39 is 17.7 Å². The number of aryl methyl sites for hydroxylation is 2. The van der Waals surface area contributed by atoms with Crippen LogP contribution in [0.15, 0.2) is 65.8 Å². The molecular weight excluding hydrogens is 491 g/mol. The number of rotatable bonds is 7. The number of halogens is 2. The van der Waals surface area contributed by atoms with Crippen LogP contribution in [0.3, 0.4) is 0 Å². The molecule has 0 aliphatic carbocycles. The van der Waals surface area contributed by atoms with Crippen LogP contribution >= 0.6 is 23.2 Å². The average molecular weight is 513 g/mol. The molecule has 180 valence electrons. The van der Waals surface area contributed by atoms with E-state index in [1.54, 1.807) is 36.4 Å². The Morgan fingerprint density at radius 2 is 1.63 bits per heavy atom. The fraction of sp³-hybridized carbons (Fsp3) is 0.120. The van der Waals surface area contributed by atoms with Gasteiger partial charge in [-0.2, -0.15) is 5.10 Å². The first-order valence-corrected chi connectivity index (χ1v) is 11.2. The molecular formula is C25H22Cl2N4O4. The van der Waals surface area contributed by atoms with Gasteiger partial charge in [-0.3, -0.25) is 14.4 Å². The van der Waals surface area contributed by atoms with Crippen LogP contribution < -0.4 is 20.8 Å². The highest BCUT2D eigenvalue weighted by Crippen LogP contribution is 2.25. The van der Waals surface area contributed by atoms with Crippen molar-refractivity contribution in [2.75, 3.05) is 17.2 Å². The van der Waals surface area contributed by atoms with Gasteiger partial charge in [-0.05, 0) is 55.3 Å². The minimum Gasteiger partial charge on any atom is -0.483 e. The molecule has 8 nitrogen and oxygen atoms in total. The number of carbonyl (C=O) groups is 3. The zero-order valence-electron chi connectivity index (χ0n) is 18.9. The van der Waals surface area contributed by atoms with Crippen LogP contribution in [-0.2, 0) is 14.4 Å². The van der Waals surface area contributed by atoms with Gasteiger partial charge in [0.25, 0.3) is 5.91 Å². The number of amides is 3. The molecule has 3 rings (SSSR count). The van der Waals surface area contributed by atoms with Gasteiger partial charge in [0, 0.05) is 16.3 Å². The number of hydrazone groups is 1. The Morgan fingerprint density at radius 3 is 2.34 bits per heavy atom. The van der Waals surface area contributed by atoms with Crippen molar-refractivity contribution in [3.05, 3.63) is 87.4 Å². The van der Waals surface area contributed by atoms with E-state index >= 15 is 0 Å². The Kier molecular flexibility index (Phi) is 8.83. The highest BCUT2D eigenvalue weighted by Gasteiger charge is 2.15. The molecule has 0 saturated carbocycles. The van der Waals surface area contributed by atoms with E-state index in [1.165, 1.54) is 12.3 Å². The average Bonchev–Trinajstić information content (AvgIpc) is 2.82. The van der Waals surface area contributed by atoms with Gasteiger partial charge in [0.15, 0.2) is 6.61 Å². The fourth-order valence-electron chi connectivity index (χ4n) is 3.03. The van der Waals surface area contributed by atoms with E-state index in [-0.39, 0.29) is 6.61 Å². The maximum atomic E-state index is 12.2. The van der Waals surface area contributed by atoms with Crippen LogP contribution in [0, 0.1) is 13.8 Å². The topological polar surface area (TPSA) is 109 Å². The van der Waals surface area contributed by atoms with E-state index in [0.29, 0.717) is 32.7 Å². The summed E-state index contributed by atoms with van der Waals surface area (Å²) in [5.41, 5.74) is 5.32. The molecule has 0 atom stereocenters. The summed E-state index contributed by atoms with van der Waals surface area (Å²) in [5.74, 6) is -1.86. The maximum Gasteiger partial charge on any atom is 0.329 e. The zero-order valence-corrected chi connectivity index (χ0v) is 20.4. The smallest absolute Gasteiger partial charge is 0.329 e. The number of anilines is 2. The van der Waals surface area contributed by atoms with E-state index in [4.69, 9.17) is 27.9 Å². The second kappa shape index (κ2) is 12.0. The molecule has 3 aromatic carbocycles. The van der Waals surface area contributed by atoms with Gasteiger partial charge in [0.05, 0.1) is 16.9 Å². The van der Waals surface area contributed by atoms with Crippen molar-refractivity contribution in [1.82, 2.24) is 5.43 Å². The fourth-order valence-corrected chi connectivity index (χ4v) is 3.49. The lowest BCUT2D eigenvalue weighted by atomic mass is 10.1. The van der Waals surface area contributed by atoms with Gasteiger partial charge in [-0.15, -0.1) is 0 Å². The van der Waals surface area contributed by atoms with E-state index in [9.17, 15) is 14.4 Å². The first kappa shape index (κ1) is 25.7. The Hall–Kier alpha value is -3.88. The number of nitrogens with zero attached hydrogens (tertiary/aromatic N) is 1. The molecule has 35 heavy (non-hydrogen) atoms. The standard InChI is InChI=1S/C25H22Cl2N4O4/c1-15-6-5-7-16(2)23(15)30-24(33)25(34)31-28-13-17-8-3-4-9-21(17)35-14-22(32)29-20-11-10-18(26)12-19(20)27/h3-13H,14H2,1-2H3,(H,29,32)(H,30,33)(H,31,34)/b28-13-. The predicted molar refractivity (Wildman–Crippen MR) is 137 cm³/mol. The SMILES string of the molecule is Cc1cccc(C)c1NC(=O)C(=O)N/N=C\c1ccccc1OCC(=O)Nc1ccc(Cl)cc1Cl. The minimum absolute atomic E-state index is 0.297. The second-order valence-corrected chi connectivity index (χ2v) is 8.26. The third-order valence-corrected chi connectivity index (χ3v) is 5.33. The van der Waals surface area contributed by atoms with Crippen LogP contribution in [0.2, 0.25) is 10.0 Å². The third-order valence-electron chi connectivity index (χ3n) is 4.78. The molecule has 3 aromatic rings. The summed E-state index contributed by atoms with van der Waals surface area (Å²) in [6, 6.07) is 17.0. The van der Waals surface area contributed by atoms with Gasteiger partial charge >= 0.3 is 11.8 Å². The Bertz CT molecular complexity index is 1270. The van der Waals surface area contributed by atoms with Crippen molar-refractivity contribution in [2.45, 2.75) is 13.8 Å². The Balaban J connectivity index is 1.56. The Labute approximate surface area is 212 Å². The molecule has 0 saturated heterocycles. The molecule has 0 radical (unpaired) electrons. The molecule has 0 bridgehead atoms. The zero-order chi connectivity index (χ0) is 25.4. The number of ether oxygens (including phenoxy) is 1. The van der Waals surface area contributed by atoms with Gasteiger partial charge in [0.2, 0.25) is 0 Å². The monoisotopic (exact) mass is 512 g/mol. The quantitative estimate of drug-likeness (QED) is 0.241. The van der Waals surface area contributed by atoms with Crippen molar-refractivity contribution in [1.29, 1.82) is 0 Å². The second-order valence-electron chi connectivity index (χ2n) is 7.42. The summed E-state index contributed by atoms with van der Waals surface area (Å²) in [5, 5.41) is 9.80. The van der Waals surface area contributed by atoms with Crippen molar-refractivity contribution in [3.63, 3.8) is 0 Å². The molecule has 0 heterocycles. The normalized spacial score (nSPS) is 10.6. The highest BCUT2D eigenvalue weighted by atomic mass is 35.5. The molecule has 0 aliphatic rings. The minimum atomic E-state index is -0.929. The molecule has 3 N–H and O–H groups in total. The lowest BCUT2D eigenvalue weighted by Gasteiger charge is -2.11. The molecule has 0 unspecified atom stereocenters. The molecule has 3 amide bonds. The van der Waals surface area contributed by atoms with Crippen LogP contribution in [0.5, 0.6) is 5.75 Å². The lowest BCUT2D eigenvalue weighted by molar-refractivity contribution is -0.136. The number of para-hydroxylation sites is 2. The summed E-state index contributed by atoms with van der Waals surface area (Å²) in [6.45, 7) is 3.37. The summed E-state index contributed by atoms with van der Waals surface area (Å²) >= 11 is 11.9. The van der Waals surface area contributed by atoms with Crippen molar-refractivity contribution < 1.29 is 19.1 Å². The number of hydrogen-bond acceptors (Lipinski definition) is 5. The molecule has 0 fully saturated rings. The number of benzene rings is 3. The highest BCUT2D eigenvalue weighted by molar-refractivity contribution is 6.39. The Morgan fingerprint density at radius 1 is 0.914 bits per heavy atom. The summed E-state index contributed by atoms with van der Waals surface area (Å²) in [6.07, 6.45) is 1.31. The van der Waals surface area contributed by atoms with Crippen LogP contribution in [0.4, 0.5) is 11.4 Å². The number of hydrogen-bond donors (Lipinski definition) is 3. The number of nitrogens with one attached hydrogen (secondary N) is 3. The van der Waals surface area contributed by atoms with E-state index in [2.05, 4.69) is 21.2 Å². The summed E-state index contributed by atoms with van der Waals surface area (Å²) in [7, 11) is 0. The van der Waals surface area contributed by atoms with Gasteiger partial charge in [-0.25, -0.2) is 5.43 Å². The summed E-state index contributed by atoms with van der Waals surface area (Å²) in [4.78, 5) is 36.6. The third kappa shape index (κ3) is 7.30. The van der Waals surface area contributed by atoms with Crippen molar-refractivity contribution in [2.24, 2.45) is 5.10 Å².